The van der Waals surface area contributed by atoms with Gasteiger partial charge in [-0.05, 0) is 47.4 Å². The van der Waals surface area contributed by atoms with Gasteiger partial charge in [-0.25, -0.2) is 13.4 Å². The molecule has 3 heterocycles. The van der Waals surface area contributed by atoms with Crippen LogP contribution in [0.2, 0.25) is 0 Å². The van der Waals surface area contributed by atoms with E-state index in [4.69, 9.17) is 0 Å². The maximum Gasteiger partial charge on any atom is 0.573 e. The molecular weight excluding hydrogens is 419 g/mol. The molecule has 0 unspecified atom stereocenters. The van der Waals surface area contributed by atoms with Crippen molar-refractivity contribution >= 4 is 26.6 Å². The van der Waals surface area contributed by atoms with Crippen LogP contribution in [0.4, 0.5) is 13.2 Å². The fourth-order valence-electron chi connectivity index (χ4n) is 3.51. The van der Waals surface area contributed by atoms with Crippen LogP contribution in [0, 0.1) is 0 Å². The van der Waals surface area contributed by atoms with E-state index in [-0.39, 0.29) is 5.75 Å². The number of ether oxygens (including phenoxy) is 1. The van der Waals surface area contributed by atoms with Crippen LogP contribution < -0.4 is 4.74 Å². The number of benzene rings is 1. The molecule has 1 aliphatic rings. The smallest absolute Gasteiger partial charge is 0.406 e. The summed E-state index contributed by atoms with van der Waals surface area (Å²) in [6.45, 7) is 0.678. The van der Waals surface area contributed by atoms with Crippen LogP contribution in [0.5, 0.6) is 5.75 Å². The minimum Gasteiger partial charge on any atom is -0.406 e. The molecule has 6 nitrogen and oxygen atoms in total. The van der Waals surface area contributed by atoms with Crippen molar-refractivity contribution in [1.82, 2.24) is 14.3 Å². The number of pyridine rings is 1. The van der Waals surface area contributed by atoms with Crippen LogP contribution in [0.3, 0.4) is 0 Å². The molecule has 0 fully saturated rings. The number of hydrogen-bond acceptors (Lipinski definition) is 4. The second-order valence-electron chi connectivity index (χ2n) is 6.98. The first kappa shape index (κ1) is 20.4. The number of rotatable bonds is 4. The highest BCUT2D eigenvalue weighted by Gasteiger charge is 2.31. The number of H-pyrrole nitrogens is 1. The molecule has 158 valence electrons. The van der Waals surface area contributed by atoms with Gasteiger partial charge in [-0.2, -0.15) is 4.31 Å². The summed E-state index contributed by atoms with van der Waals surface area (Å²) in [5, 5.41) is 0.753. The molecule has 1 N–H and O–H groups in total. The Morgan fingerprint density at radius 1 is 1.20 bits per heavy atom. The molecule has 0 spiro atoms. The van der Waals surface area contributed by atoms with E-state index < -0.39 is 16.4 Å². The number of aromatic amines is 1. The molecule has 3 aromatic rings. The third-order valence-electron chi connectivity index (χ3n) is 4.90. The topological polar surface area (TPSA) is 75.3 Å². The summed E-state index contributed by atoms with van der Waals surface area (Å²) in [4.78, 5) is 7.54. The predicted molar refractivity (Wildman–Crippen MR) is 107 cm³/mol. The maximum absolute atomic E-state index is 12.6. The Hall–Kier alpha value is -2.85. The minimum absolute atomic E-state index is 0.292. The Bertz CT molecular complexity index is 1230. The third kappa shape index (κ3) is 4.34. The van der Waals surface area contributed by atoms with Gasteiger partial charge in [0.2, 0.25) is 10.0 Å². The quantitative estimate of drug-likeness (QED) is 0.665. The summed E-state index contributed by atoms with van der Waals surface area (Å²) in [6.07, 6.45) is 0.398. The van der Waals surface area contributed by atoms with E-state index in [2.05, 4.69) is 14.7 Å². The van der Waals surface area contributed by atoms with E-state index in [1.165, 1.54) is 28.8 Å². The molecular formula is C20H18F3N3O3S. The van der Waals surface area contributed by atoms with Gasteiger partial charge in [0.05, 0.1) is 6.26 Å². The Kier molecular flexibility index (Phi) is 5.07. The lowest BCUT2D eigenvalue weighted by atomic mass is 10.0. The SMILES string of the molecule is CS(=O)(=O)N1CC=C(c2cc3c(-c4cccc(OC(F)(F)F)c4)ccnc3[nH]2)CC1. The maximum atomic E-state index is 12.6. The van der Waals surface area contributed by atoms with Gasteiger partial charge in [0.1, 0.15) is 11.4 Å². The van der Waals surface area contributed by atoms with Crippen molar-refractivity contribution in [1.29, 1.82) is 0 Å². The number of hydrogen-bond donors (Lipinski definition) is 1. The van der Waals surface area contributed by atoms with E-state index >= 15 is 0 Å². The molecule has 4 rings (SSSR count). The number of fused-ring (bicyclic) bond motifs is 1. The van der Waals surface area contributed by atoms with Crippen molar-refractivity contribution < 1.29 is 26.3 Å². The van der Waals surface area contributed by atoms with Crippen LogP contribution in [-0.2, 0) is 10.0 Å². The van der Waals surface area contributed by atoms with Crippen LogP contribution >= 0.6 is 0 Å². The van der Waals surface area contributed by atoms with Gasteiger partial charge in [-0.3, -0.25) is 0 Å². The lowest BCUT2D eigenvalue weighted by Crippen LogP contribution is -2.33. The lowest BCUT2D eigenvalue weighted by molar-refractivity contribution is -0.274. The first-order chi connectivity index (χ1) is 14.1. The van der Waals surface area contributed by atoms with Crippen molar-refractivity contribution in [2.45, 2.75) is 12.8 Å². The highest BCUT2D eigenvalue weighted by atomic mass is 32.2. The van der Waals surface area contributed by atoms with Gasteiger partial charge in [-0.15, -0.1) is 13.2 Å². The number of sulfonamides is 1. The molecule has 0 saturated carbocycles. The molecule has 1 aromatic carbocycles. The van der Waals surface area contributed by atoms with E-state index in [0.717, 1.165) is 16.7 Å². The lowest BCUT2D eigenvalue weighted by Gasteiger charge is -2.23. The Morgan fingerprint density at radius 3 is 2.67 bits per heavy atom. The molecule has 2 aromatic heterocycles. The normalized spacial score (nSPS) is 15.9. The first-order valence-electron chi connectivity index (χ1n) is 9.08. The monoisotopic (exact) mass is 437 g/mol. The number of nitrogens with zero attached hydrogens (tertiary/aromatic N) is 2. The zero-order valence-electron chi connectivity index (χ0n) is 15.9. The summed E-state index contributed by atoms with van der Waals surface area (Å²) in [5.74, 6) is -0.295. The number of alkyl halides is 3. The third-order valence-corrected chi connectivity index (χ3v) is 6.17. The van der Waals surface area contributed by atoms with Gasteiger partial charge in [-0.1, -0.05) is 18.2 Å². The molecule has 0 aliphatic carbocycles. The summed E-state index contributed by atoms with van der Waals surface area (Å²) in [5.41, 5.74) is 3.64. The Labute approximate surface area is 171 Å². The Morgan fingerprint density at radius 2 is 2.00 bits per heavy atom. The molecule has 30 heavy (non-hydrogen) atoms. The van der Waals surface area contributed by atoms with Gasteiger partial charge >= 0.3 is 6.36 Å². The zero-order valence-corrected chi connectivity index (χ0v) is 16.7. The van der Waals surface area contributed by atoms with Crippen molar-refractivity contribution in [2.75, 3.05) is 19.3 Å². The number of nitrogens with one attached hydrogen (secondary N) is 1. The summed E-state index contributed by atoms with van der Waals surface area (Å²) < 4.78 is 66.5. The van der Waals surface area contributed by atoms with Crippen molar-refractivity contribution in [3.8, 4) is 16.9 Å². The standard InChI is InChI=1S/C20H18F3N3O3S/c1-30(27,28)26-9-6-13(7-10-26)18-12-17-16(5-8-24-19(17)25-18)14-3-2-4-15(11-14)29-20(21,22)23/h2-6,8,11-12H,7,9-10H2,1H3,(H,24,25). The highest BCUT2D eigenvalue weighted by molar-refractivity contribution is 7.88. The van der Waals surface area contributed by atoms with E-state index in [9.17, 15) is 21.6 Å². The average molecular weight is 437 g/mol. The minimum atomic E-state index is -4.76. The highest BCUT2D eigenvalue weighted by Crippen LogP contribution is 2.34. The summed E-state index contributed by atoms with van der Waals surface area (Å²) in [6, 6.07) is 9.40. The van der Waals surface area contributed by atoms with E-state index in [0.29, 0.717) is 36.3 Å². The molecule has 0 atom stereocenters. The largest absolute Gasteiger partial charge is 0.573 e. The van der Waals surface area contributed by atoms with Crippen LogP contribution in [0.15, 0.2) is 48.7 Å². The van der Waals surface area contributed by atoms with Gasteiger partial charge < -0.3 is 9.72 Å². The summed E-state index contributed by atoms with van der Waals surface area (Å²) in [7, 11) is -3.24. The van der Waals surface area contributed by atoms with Crippen molar-refractivity contribution in [3.05, 3.63) is 54.4 Å². The predicted octanol–water partition coefficient (Wildman–Crippen LogP) is 4.18. The van der Waals surface area contributed by atoms with Gasteiger partial charge in [0.15, 0.2) is 0 Å². The van der Waals surface area contributed by atoms with Crippen LogP contribution in [0.1, 0.15) is 12.1 Å². The molecule has 0 amide bonds. The molecule has 1 aliphatic heterocycles. The van der Waals surface area contributed by atoms with E-state index in [1.54, 1.807) is 18.3 Å². The Balaban J connectivity index is 1.69. The fourth-order valence-corrected chi connectivity index (χ4v) is 4.28. The van der Waals surface area contributed by atoms with E-state index in [1.807, 2.05) is 12.1 Å². The number of halogens is 3. The van der Waals surface area contributed by atoms with Crippen molar-refractivity contribution in [2.24, 2.45) is 0 Å². The molecule has 0 bridgehead atoms. The van der Waals surface area contributed by atoms with Crippen LogP contribution in [-0.4, -0.2) is 48.4 Å². The second kappa shape index (κ2) is 7.44. The summed E-state index contributed by atoms with van der Waals surface area (Å²) >= 11 is 0. The zero-order chi connectivity index (χ0) is 21.5. The second-order valence-corrected chi connectivity index (χ2v) is 8.96. The molecule has 0 saturated heterocycles. The fraction of sp³-hybridized carbons (Fsp3) is 0.250. The molecule has 0 radical (unpaired) electrons. The van der Waals surface area contributed by atoms with Gasteiger partial charge in [0.25, 0.3) is 0 Å². The van der Waals surface area contributed by atoms with Gasteiger partial charge in [0, 0.05) is 30.4 Å². The number of aromatic nitrogens is 2. The average Bonchev–Trinajstić information content (AvgIpc) is 3.10. The molecule has 10 heteroatoms. The van der Waals surface area contributed by atoms with Crippen LogP contribution in [0.25, 0.3) is 27.7 Å². The van der Waals surface area contributed by atoms with Crippen molar-refractivity contribution in [3.63, 3.8) is 0 Å². The first-order valence-corrected chi connectivity index (χ1v) is 10.9.